The Hall–Kier alpha value is -1.27. The van der Waals surface area contributed by atoms with Crippen molar-refractivity contribution in [3.63, 3.8) is 0 Å². The minimum atomic E-state index is -0.0852. The fraction of sp³-hybridized carbons (Fsp3) is 0.375. The number of nitrogens with two attached hydrogens (primary N) is 1. The molecular formula is C8H11N5S. The molecule has 0 saturated carbocycles. The lowest BCUT2D eigenvalue weighted by atomic mass is 10.1. The molecule has 14 heavy (non-hydrogen) atoms. The highest BCUT2D eigenvalue weighted by Gasteiger charge is 2.10. The quantitative estimate of drug-likeness (QED) is 0.799. The van der Waals surface area contributed by atoms with Gasteiger partial charge in [-0.1, -0.05) is 5.21 Å². The standard InChI is InChI=1S/C8H11N5S/c1-13-3-6(11-12-13)2-7(9)8-4-14-5-10-8/h3-5,7H,2,9H2,1H3. The third kappa shape index (κ3) is 1.97. The van der Waals surface area contributed by atoms with Crippen molar-refractivity contribution in [2.45, 2.75) is 12.5 Å². The molecular weight excluding hydrogens is 198 g/mol. The second-order valence-electron chi connectivity index (χ2n) is 3.11. The molecule has 1 unspecified atom stereocenters. The summed E-state index contributed by atoms with van der Waals surface area (Å²) in [7, 11) is 1.84. The number of hydrogen-bond acceptors (Lipinski definition) is 5. The molecule has 2 N–H and O–H groups in total. The zero-order valence-electron chi connectivity index (χ0n) is 7.79. The fourth-order valence-electron chi connectivity index (χ4n) is 1.22. The maximum atomic E-state index is 5.95. The Morgan fingerprint density at radius 1 is 1.64 bits per heavy atom. The third-order valence-corrected chi connectivity index (χ3v) is 2.52. The molecule has 0 radical (unpaired) electrons. The fourth-order valence-corrected chi connectivity index (χ4v) is 1.84. The van der Waals surface area contributed by atoms with Crippen LogP contribution in [0.3, 0.4) is 0 Å². The normalized spacial score (nSPS) is 13.0. The Bertz CT molecular complexity index is 394. The van der Waals surface area contributed by atoms with Gasteiger partial charge in [0.2, 0.25) is 0 Å². The maximum absolute atomic E-state index is 5.95. The molecule has 5 nitrogen and oxygen atoms in total. The van der Waals surface area contributed by atoms with Gasteiger partial charge in [0.15, 0.2) is 0 Å². The van der Waals surface area contributed by atoms with E-state index in [1.54, 1.807) is 21.5 Å². The van der Waals surface area contributed by atoms with Crippen LogP contribution in [0.2, 0.25) is 0 Å². The van der Waals surface area contributed by atoms with Gasteiger partial charge in [-0.2, -0.15) is 0 Å². The summed E-state index contributed by atoms with van der Waals surface area (Å²) in [5.41, 5.74) is 9.55. The van der Waals surface area contributed by atoms with E-state index in [-0.39, 0.29) is 6.04 Å². The van der Waals surface area contributed by atoms with Crippen molar-refractivity contribution >= 4 is 11.3 Å². The van der Waals surface area contributed by atoms with Crippen LogP contribution in [0.5, 0.6) is 0 Å². The van der Waals surface area contributed by atoms with Gasteiger partial charge in [0, 0.05) is 25.0 Å². The molecule has 2 aromatic rings. The summed E-state index contributed by atoms with van der Waals surface area (Å²) in [5, 5.41) is 9.78. The van der Waals surface area contributed by atoms with Crippen molar-refractivity contribution < 1.29 is 0 Å². The van der Waals surface area contributed by atoms with Crippen molar-refractivity contribution in [3.8, 4) is 0 Å². The van der Waals surface area contributed by atoms with Crippen LogP contribution in [0.15, 0.2) is 17.1 Å². The van der Waals surface area contributed by atoms with Gasteiger partial charge in [0.05, 0.1) is 22.9 Å². The number of rotatable bonds is 3. The minimum Gasteiger partial charge on any atom is -0.322 e. The van der Waals surface area contributed by atoms with Gasteiger partial charge in [0.1, 0.15) is 0 Å². The lowest BCUT2D eigenvalue weighted by Crippen LogP contribution is -2.13. The molecule has 2 rings (SSSR count). The summed E-state index contributed by atoms with van der Waals surface area (Å²) >= 11 is 1.55. The van der Waals surface area contributed by atoms with E-state index in [0.29, 0.717) is 6.42 Å². The molecule has 0 fully saturated rings. The van der Waals surface area contributed by atoms with E-state index in [1.807, 2.05) is 18.6 Å². The van der Waals surface area contributed by atoms with Crippen molar-refractivity contribution in [1.82, 2.24) is 20.0 Å². The van der Waals surface area contributed by atoms with Crippen LogP contribution in [0.25, 0.3) is 0 Å². The summed E-state index contributed by atoms with van der Waals surface area (Å²) < 4.78 is 1.67. The van der Waals surface area contributed by atoms with Crippen LogP contribution >= 0.6 is 11.3 Å². The van der Waals surface area contributed by atoms with Crippen LogP contribution < -0.4 is 5.73 Å². The monoisotopic (exact) mass is 209 g/mol. The second kappa shape index (κ2) is 3.85. The van der Waals surface area contributed by atoms with Gasteiger partial charge >= 0.3 is 0 Å². The van der Waals surface area contributed by atoms with Gasteiger partial charge in [-0.15, -0.1) is 16.4 Å². The van der Waals surface area contributed by atoms with Gasteiger partial charge in [0.25, 0.3) is 0 Å². The first kappa shape index (κ1) is 9.29. The predicted molar refractivity (Wildman–Crippen MR) is 53.7 cm³/mol. The van der Waals surface area contributed by atoms with Gasteiger partial charge in [-0.25, -0.2) is 4.98 Å². The zero-order valence-corrected chi connectivity index (χ0v) is 8.61. The molecule has 0 aliphatic rings. The van der Waals surface area contributed by atoms with E-state index in [2.05, 4.69) is 15.3 Å². The summed E-state index contributed by atoms with van der Waals surface area (Å²) in [4.78, 5) is 4.16. The Balaban J connectivity index is 2.05. The Labute approximate surface area is 85.6 Å². The molecule has 2 aromatic heterocycles. The number of nitrogens with zero attached hydrogens (tertiary/aromatic N) is 4. The smallest absolute Gasteiger partial charge is 0.0846 e. The van der Waals surface area contributed by atoms with Crippen molar-refractivity contribution in [1.29, 1.82) is 0 Å². The first-order valence-electron chi connectivity index (χ1n) is 4.24. The van der Waals surface area contributed by atoms with E-state index >= 15 is 0 Å². The average Bonchev–Trinajstić information content (AvgIpc) is 2.75. The van der Waals surface area contributed by atoms with Gasteiger partial charge in [-0.3, -0.25) is 4.68 Å². The molecule has 6 heteroatoms. The lowest BCUT2D eigenvalue weighted by Gasteiger charge is -2.04. The molecule has 1 atom stereocenters. The number of aryl methyl sites for hydroxylation is 1. The molecule has 2 heterocycles. The molecule has 0 saturated heterocycles. The summed E-state index contributed by atoms with van der Waals surface area (Å²) in [6.07, 6.45) is 2.55. The molecule has 0 aromatic carbocycles. The van der Waals surface area contributed by atoms with E-state index in [4.69, 9.17) is 5.73 Å². The Morgan fingerprint density at radius 2 is 2.50 bits per heavy atom. The zero-order chi connectivity index (χ0) is 9.97. The third-order valence-electron chi connectivity index (χ3n) is 1.91. The molecule has 0 bridgehead atoms. The van der Waals surface area contributed by atoms with E-state index < -0.39 is 0 Å². The molecule has 0 amide bonds. The largest absolute Gasteiger partial charge is 0.322 e. The maximum Gasteiger partial charge on any atom is 0.0846 e. The van der Waals surface area contributed by atoms with Crippen LogP contribution in [-0.2, 0) is 13.5 Å². The lowest BCUT2D eigenvalue weighted by molar-refractivity contribution is 0.681. The Morgan fingerprint density at radius 3 is 3.07 bits per heavy atom. The van der Waals surface area contributed by atoms with Gasteiger partial charge in [-0.05, 0) is 0 Å². The van der Waals surface area contributed by atoms with Crippen LogP contribution in [0.4, 0.5) is 0 Å². The van der Waals surface area contributed by atoms with Crippen molar-refractivity contribution in [2.24, 2.45) is 12.8 Å². The van der Waals surface area contributed by atoms with Crippen LogP contribution in [0, 0.1) is 0 Å². The SMILES string of the molecule is Cn1cc(CC(N)c2cscn2)nn1. The van der Waals surface area contributed by atoms with Crippen LogP contribution in [0.1, 0.15) is 17.4 Å². The predicted octanol–water partition coefficient (Wildman–Crippen LogP) is 0.514. The van der Waals surface area contributed by atoms with Crippen LogP contribution in [-0.4, -0.2) is 20.0 Å². The highest BCUT2D eigenvalue weighted by Crippen LogP contribution is 2.14. The van der Waals surface area contributed by atoms with E-state index in [1.165, 1.54) is 0 Å². The average molecular weight is 209 g/mol. The van der Waals surface area contributed by atoms with Crippen molar-refractivity contribution in [2.75, 3.05) is 0 Å². The van der Waals surface area contributed by atoms with E-state index in [9.17, 15) is 0 Å². The Kier molecular flexibility index (Phi) is 2.55. The molecule has 0 aliphatic heterocycles. The second-order valence-corrected chi connectivity index (χ2v) is 3.83. The topological polar surface area (TPSA) is 69.6 Å². The summed E-state index contributed by atoms with van der Waals surface area (Å²) in [6.45, 7) is 0. The first-order chi connectivity index (χ1) is 6.75. The molecule has 0 spiro atoms. The highest BCUT2D eigenvalue weighted by molar-refractivity contribution is 7.07. The van der Waals surface area contributed by atoms with E-state index in [0.717, 1.165) is 11.4 Å². The molecule has 0 aliphatic carbocycles. The molecule has 74 valence electrons. The first-order valence-corrected chi connectivity index (χ1v) is 5.19. The number of hydrogen-bond donors (Lipinski definition) is 1. The summed E-state index contributed by atoms with van der Waals surface area (Å²) in [5.74, 6) is 0. The van der Waals surface area contributed by atoms with Crippen molar-refractivity contribution in [3.05, 3.63) is 28.5 Å². The number of aromatic nitrogens is 4. The minimum absolute atomic E-state index is 0.0852. The highest BCUT2D eigenvalue weighted by atomic mass is 32.1. The summed E-state index contributed by atoms with van der Waals surface area (Å²) in [6, 6.07) is -0.0852. The number of thiazole rings is 1. The van der Waals surface area contributed by atoms with Gasteiger partial charge < -0.3 is 5.73 Å².